The zero-order chi connectivity index (χ0) is 15.2. The molecule has 21 heavy (non-hydrogen) atoms. The van der Waals surface area contributed by atoms with Crippen molar-refractivity contribution in [2.75, 3.05) is 30.8 Å². The fraction of sp³-hybridized carbons (Fsp3) is 0.583. The molecule has 0 aromatic carbocycles. The summed E-state index contributed by atoms with van der Waals surface area (Å²) in [6, 6.07) is 0. The first-order chi connectivity index (χ1) is 10.2. The highest BCUT2D eigenvalue weighted by atomic mass is 16.5. The Morgan fingerprint density at radius 1 is 1.48 bits per heavy atom. The number of anilines is 2. The summed E-state index contributed by atoms with van der Waals surface area (Å²) < 4.78 is 6.95. The molecule has 0 aliphatic rings. The number of aliphatic hydroxyl groups excluding tert-OH is 2. The van der Waals surface area contributed by atoms with Crippen molar-refractivity contribution in [2.24, 2.45) is 0 Å². The van der Waals surface area contributed by atoms with Gasteiger partial charge in [-0.25, -0.2) is 4.98 Å². The number of rotatable bonds is 8. The first kappa shape index (κ1) is 15.4. The summed E-state index contributed by atoms with van der Waals surface area (Å²) in [6.45, 7) is 2.64. The van der Waals surface area contributed by atoms with E-state index in [1.54, 1.807) is 10.9 Å². The first-order valence-corrected chi connectivity index (χ1v) is 6.74. The van der Waals surface area contributed by atoms with Crippen LogP contribution in [-0.2, 0) is 11.5 Å². The highest BCUT2D eigenvalue weighted by Gasteiger charge is 2.12. The zero-order valence-electron chi connectivity index (χ0n) is 11.9. The number of hydrogen-bond acceptors (Lipinski definition) is 8. The topological polar surface area (TPSA) is 131 Å². The van der Waals surface area contributed by atoms with Crippen LogP contribution in [0.2, 0.25) is 0 Å². The Bertz CT molecular complexity index is 588. The van der Waals surface area contributed by atoms with Gasteiger partial charge in [-0.2, -0.15) is 9.97 Å². The quantitative estimate of drug-likeness (QED) is 0.515. The van der Waals surface area contributed by atoms with Gasteiger partial charge in [-0.1, -0.05) is 6.92 Å². The number of nitrogen functional groups attached to an aromatic ring is 1. The number of ether oxygens (including phenoxy) is 1. The van der Waals surface area contributed by atoms with Gasteiger partial charge in [0.15, 0.2) is 17.0 Å². The van der Waals surface area contributed by atoms with Crippen molar-refractivity contribution in [2.45, 2.75) is 26.2 Å². The van der Waals surface area contributed by atoms with Gasteiger partial charge in [0, 0.05) is 6.54 Å². The maximum Gasteiger partial charge on any atom is 0.224 e. The molecular formula is C12H20N6O3. The van der Waals surface area contributed by atoms with Crippen LogP contribution in [0.1, 0.15) is 13.3 Å². The van der Waals surface area contributed by atoms with E-state index in [0.717, 1.165) is 13.0 Å². The molecule has 2 heterocycles. The molecule has 2 aromatic heterocycles. The van der Waals surface area contributed by atoms with E-state index in [-0.39, 0.29) is 25.9 Å². The van der Waals surface area contributed by atoms with E-state index in [0.29, 0.717) is 17.0 Å². The smallest absolute Gasteiger partial charge is 0.224 e. The number of nitrogens with one attached hydrogen (secondary N) is 1. The van der Waals surface area contributed by atoms with Crippen LogP contribution in [0.3, 0.4) is 0 Å². The third-order valence-electron chi connectivity index (χ3n) is 2.77. The van der Waals surface area contributed by atoms with Crippen molar-refractivity contribution in [3.63, 3.8) is 0 Å². The maximum atomic E-state index is 9.23. The van der Waals surface area contributed by atoms with Gasteiger partial charge in [0.25, 0.3) is 0 Å². The highest BCUT2D eigenvalue weighted by Crippen LogP contribution is 2.19. The predicted molar refractivity (Wildman–Crippen MR) is 77.6 cm³/mol. The fourth-order valence-corrected chi connectivity index (χ4v) is 1.76. The third-order valence-corrected chi connectivity index (χ3v) is 2.77. The van der Waals surface area contributed by atoms with Crippen LogP contribution >= 0.6 is 0 Å². The average Bonchev–Trinajstić information content (AvgIpc) is 2.87. The number of hydrogen-bond donors (Lipinski definition) is 4. The Kier molecular flexibility index (Phi) is 5.26. The second-order valence-corrected chi connectivity index (χ2v) is 4.58. The molecule has 0 spiro atoms. The van der Waals surface area contributed by atoms with Crippen LogP contribution in [0.5, 0.6) is 0 Å². The van der Waals surface area contributed by atoms with Gasteiger partial charge in [-0.3, -0.25) is 4.57 Å². The molecule has 9 heteroatoms. The molecule has 0 amide bonds. The summed E-state index contributed by atoms with van der Waals surface area (Å²) in [7, 11) is 0. The van der Waals surface area contributed by atoms with E-state index in [1.165, 1.54) is 0 Å². The number of aliphatic hydroxyl groups is 2. The van der Waals surface area contributed by atoms with Crippen LogP contribution in [0.4, 0.5) is 11.8 Å². The molecule has 116 valence electrons. The minimum Gasteiger partial charge on any atom is -0.394 e. The van der Waals surface area contributed by atoms with Crippen molar-refractivity contribution < 1.29 is 14.9 Å². The first-order valence-electron chi connectivity index (χ1n) is 6.74. The van der Waals surface area contributed by atoms with E-state index < -0.39 is 6.10 Å². The lowest BCUT2D eigenvalue weighted by Gasteiger charge is -2.10. The Hall–Kier alpha value is -1.97. The molecule has 5 N–H and O–H groups in total. The van der Waals surface area contributed by atoms with E-state index in [2.05, 4.69) is 20.3 Å². The van der Waals surface area contributed by atoms with Gasteiger partial charge < -0.3 is 26.0 Å². The molecule has 0 aliphatic heterocycles. The lowest BCUT2D eigenvalue weighted by atomic mass is 10.4. The van der Waals surface area contributed by atoms with E-state index in [1.807, 2.05) is 6.92 Å². The van der Waals surface area contributed by atoms with E-state index in [4.69, 9.17) is 15.6 Å². The minimum absolute atomic E-state index is 0.0255. The zero-order valence-corrected chi connectivity index (χ0v) is 11.9. The number of imidazole rings is 1. The second-order valence-electron chi connectivity index (χ2n) is 4.58. The van der Waals surface area contributed by atoms with Crippen LogP contribution in [-0.4, -0.2) is 55.6 Å². The largest absolute Gasteiger partial charge is 0.394 e. The Balaban J connectivity index is 2.16. The molecule has 1 atom stereocenters. The van der Waals surface area contributed by atoms with Crippen molar-refractivity contribution in [1.29, 1.82) is 0 Å². The van der Waals surface area contributed by atoms with Crippen LogP contribution in [0.15, 0.2) is 6.33 Å². The predicted octanol–water partition coefficient (Wildman–Crippen LogP) is -0.442. The maximum absolute atomic E-state index is 9.23. The molecule has 0 fully saturated rings. The molecule has 0 bridgehead atoms. The normalized spacial score (nSPS) is 12.7. The van der Waals surface area contributed by atoms with Crippen molar-refractivity contribution in [3.8, 4) is 0 Å². The van der Waals surface area contributed by atoms with Gasteiger partial charge in [0.1, 0.15) is 12.8 Å². The van der Waals surface area contributed by atoms with Crippen LogP contribution in [0, 0.1) is 0 Å². The van der Waals surface area contributed by atoms with Gasteiger partial charge in [0.05, 0.1) is 19.5 Å². The number of aromatic nitrogens is 4. The summed E-state index contributed by atoms with van der Waals surface area (Å²) in [6.07, 6.45) is 1.62. The summed E-state index contributed by atoms with van der Waals surface area (Å²) in [5.74, 6) is 0.742. The SMILES string of the molecule is CCCNc1nc(N)nc2c1ncn2COCC(O)CO. The lowest BCUT2D eigenvalue weighted by molar-refractivity contribution is -0.0163. The Morgan fingerprint density at radius 2 is 2.29 bits per heavy atom. The molecule has 0 radical (unpaired) electrons. The summed E-state index contributed by atoms with van der Waals surface area (Å²) in [5.41, 5.74) is 6.88. The summed E-state index contributed by atoms with van der Waals surface area (Å²) in [5, 5.41) is 21.1. The van der Waals surface area contributed by atoms with Gasteiger partial charge in [0.2, 0.25) is 5.95 Å². The molecule has 0 aliphatic carbocycles. The standard InChI is InChI=1S/C12H20N6O3/c1-2-3-14-10-9-11(17-12(13)16-10)18(6-15-9)7-21-5-8(20)4-19/h6,8,19-20H,2-5,7H2,1H3,(H3,13,14,16,17). The van der Waals surface area contributed by atoms with Crippen molar-refractivity contribution in [1.82, 2.24) is 19.5 Å². The minimum atomic E-state index is -0.902. The lowest BCUT2D eigenvalue weighted by Crippen LogP contribution is -2.20. The number of nitrogens with zero attached hydrogens (tertiary/aromatic N) is 4. The highest BCUT2D eigenvalue weighted by molar-refractivity contribution is 5.84. The van der Waals surface area contributed by atoms with Crippen molar-refractivity contribution in [3.05, 3.63) is 6.33 Å². The van der Waals surface area contributed by atoms with Crippen molar-refractivity contribution >= 4 is 22.9 Å². The van der Waals surface area contributed by atoms with Gasteiger partial charge in [-0.05, 0) is 6.42 Å². The second kappa shape index (κ2) is 7.16. The molecule has 2 aromatic rings. The van der Waals surface area contributed by atoms with Gasteiger partial charge >= 0.3 is 0 Å². The molecule has 9 nitrogen and oxygen atoms in total. The number of nitrogens with two attached hydrogens (primary N) is 1. The molecular weight excluding hydrogens is 276 g/mol. The monoisotopic (exact) mass is 296 g/mol. The average molecular weight is 296 g/mol. The molecule has 0 saturated heterocycles. The molecule has 1 unspecified atom stereocenters. The van der Waals surface area contributed by atoms with Crippen LogP contribution < -0.4 is 11.1 Å². The summed E-state index contributed by atoms with van der Waals surface area (Å²) in [4.78, 5) is 12.6. The Morgan fingerprint density at radius 3 is 3.00 bits per heavy atom. The van der Waals surface area contributed by atoms with Gasteiger partial charge in [-0.15, -0.1) is 0 Å². The number of fused-ring (bicyclic) bond motifs is 1. The van der Waals surface area contributed by atoms with E-state index in [9.17, 15) is 5.11 Å². The molecule has 2 rings (SSSR count). The summed E-state index contributed by atoms with van der Waals surface area (Å²) >= 11 is 0. The van der Waals surface area contributed by atoms with Crippen LogP contribution in [0.25, 0.3) is 11.2 Å². The Labute approximate surface area is 121 Å². The fourth-order valence-electron chi connectivity index (χ4n) is 1.76. The third kappa shape index (κ3) is 3.78. The molecule has 0 saturated carbocycles. The van der Waals surface area contributed by atoms with E-state index >= 15 is 0 Å².